The largest absolute Gasteiger partial charge is 0.379 e. The maximum absolute atomic E-state index is 12.0. The lowest BCUT2D eigenvalue weighted by Crippen LogP contribution is -2.47. The average molecular weight is 280 g/mol. The van der Waals surface area contributed by atoms with Gasteiger partial charge < -0.3 is 10.1 Å². The first-order chi connectivity index (χ1) is 9.58. The molecular weight excluding hydrogens is 260 g/mol. The summed E-state index contributed by atoms with van der Waals surface area (Å²) >= 11 is 0. The van der Waals surface area contributed by atoms with Gasteiger partial charge in [-0.3, -0.25) is 14.5 Å². The Kier molecular flexibility index (Phi) is 4.86. The Bertz CT molecular complexity index is 523. The monoisotopic (exact) mass is 280 g/mol. The number of carbonyl (C=O) groups is 1. The molecule has 7 nitrogen and oxygen atoms in total. The predicted octanol–water partition coefficient (Wildman–Crippen LogP) is -0.769. The van der Waals surface area contributed by atoms with Crippen molar-refractivity contribution < 1.29 is 9.53 Å². The second-order valence-corrected chi connectivity index (χ2v) is 4.89. The maximum Gasteiger partial charge on any atom is 0.271 e. The molecule has 1 N–H and O–H groups in total. The van der Waals surface area contributed by atoms with Crippen molar-refractivity contribution in [2.45, 2.75) is 13.0 Å². The highest BCUT2D eigenvalue weighted by Crippen LogP contribution is 2.02. The Hall–Kier alpha value is -1.73. The van der Waals surface area contributed by atoms with E-state index in [1.54, 1.807) is 0 Å². The Morgan fingerprint density at radius 2 is 2.15 bits per heavy atom. The van der Waals surface area contributed by atoms with Gasteiger partial charge in [-0.15, -0.1) is 0 Å². The molecule has 1 amide bonds. The molecule has 1 aromatic rings. The summed E-state index contributed by atoms with van der Waals surface area (Å²) in [6.45, 7) is 5.86. The van der Waals surface area contributed by atoms with Gasteiger partial charge in [0.15, 0.2) is 0 Å². The van der Waals surface area contributed by atoms with E-state index in [0.717, 1.165) is 31.0 Å². The van der Waals surface area contributed by atoms with Crippen LogP contribution in [0.15, 0.2) is 16.9 Å². The van der Waals surface area contributed by atoms with E-state index in [1.807, 2.05) is 0 Å². The van der Waals surface area contributed by atoms with Crippen molar-refractivity contribution in [2.75, 3.05) is 32.8 Å². The van der Waals surface area contributed by atoms with Crippen LogP contribution >= 0.6 is 0 Å². The molecule has 7 heteroatoms. The van der Waals surface area contributed by atoms with Crippen LogP contribution in [0.5, 0.6) is 0 Å². The highest BCUT2D eigenvalue weighted by molar-refractivity contribution is 5.91. The first kappa shape index (κ1) is 14.7. The van der Waals surface area contributed by atoms with Crippen LogP contribution in [0.3, 0.4) is 0 Å². The smallest absolute Gasteiger partial charge is 0.271 e. The fourth-order valence-corrected chi connectivity index (χ4v) is 2.10. The number of aryl methyl sites for hydroxylation is 1. The van der Waals surface area contributed by atoms with Gasteiger partial charge in [-0.25, -0.2) is 4.68 Å². The Morgan fingerprint density at radius 3 is 2.80 bits per heavy atom. The van der Waals surface area contributed by atoms with Crippen LogP contribution in [0.1, 0.15) is 17.4 Å². The van der Waals surface area contributed by atoms with E-state index < -0.39 is 0 Å². The van der Waals surface area contributed by atoms with Gasteiger partial charge in [0.25, 0.3) is 11.5 Å². The molecule has 1 fully saturated rings. The van der Waals surface area contributed by atoms with E-state index in [4.69, 9.17) is 4.74 Å². The molecule has 110 valence electrons. The number of rotatable bonds is 4. The van der Waals surface area contributed by atoms with E-state index in [9.17, 15) is 9.59 Å². The van der Waals surface area contributed by atoms with Crippen LogP contribution in [-0.4, -0.2) is 59.5 Å². The lowest BCUT2D eigenvalue weighted by atomic mass is 10.2. The Labute approximate surface area is 117 Å². The molecule has 0 bridgehead atoms. The van der Waals surface area contributed by atoms with Crippen molar-refractivity contribution in [1.82, 2.24) is 20.0 Å². The Balaban J connectivity index is 1.87. The summed E-state index contributed by atoms with van der Waals surface area (Å²) in [6.07, 6.45) is 0. The number of amides is 1. The topological polar surface area (TPSA) is 76.5 Å². The van der Waals surface area contributed by atoms with Gasteiger partial charge in [-0.05, 0) is 13.0 Å². The molecule has 1 aromatic heterocycles. The number of ether oxygens (including phenoxy) is 1. The molecule has 0 radical (unpaired) electrons. The molecule has 0 saturated carbocycles. The van der Waals surface area contributed by atoms with Gasteiger partial charge in [0.1, 0.15) is 5.69 Å². The Morgan fingerprint density at radius 1 is 1.45 bits per heavy atom. The van der Waals surface area contributed by atoms with E-state index in [0.29, 0.717) is 6.54 Å². The van der Waals surface area contributed by atoms with Crippen molar-refractivity contribution in [3.8, 4) is 0 Å². The van der Waals surface area contributed by atoms with Crippen molar-refractivity contribution in [1.29, 1.82) is 0 Å². The fourth-order valence-electron chi connectivity index (χ4n) is 2.10. The zero-order valence-electron chi connectivity index (χ0n) is 11.8. The number of hydrogen-bond acceptors (Lipinski definition) is 5. The average Bonchev–Trinajstić information content (AvgIpc) is 2.48. The van der Waals surface area contributed by atoms with Crippen LogP contribution < -0.4 is 10.9 Å². The minimum absolute atomic E-state index is 0.233. The molecule has 1 aliphatic rings. The van der Waals surface area contributed by atoms with Gasteiger partial charge in [0, 0.05) is 38.8 Å². The minimum Gasteiger partial charge on any atom is -0.379 e. The molecule has 1 saturated heterocycles. The van der Waals surface area contributed by atoms with Gasteiger partial charge in [0.2, 0.25) is 0 Å². The van der Waals surface area contributed by atoms with Crippen LogP contribution in [0.25, 0.3) is 0 Å². The number of hydrogen-bond donors (Lipinski definition) is 1. The summed E-state index contributed by atoms with van der Waals surface area (Å²) in [7, 11) is 1.52. The standard InChI is InChI=1S/C13H20N4O3/c1-10(17-5-7-20-8-6-17)9-14-13(19)11-3-4-12(18)16(2)15-11/h3-4,10H,5-9H2,1-2H3,(H,14,19). The third kappa shape index (κ3) is 3.64. The molecule has 0 aliphatic carbocycles. The highest BCUT2D eigenvalue weighted by Gasteiger charge is 2.18. The molecule has 0 aromatic carbocycles. The molecule has 1 unspecified atom stereocenters. The fraction of sp³-hybridized carbons (Fsp3) is 0.615. The summed E-state index contributed by atoms with van der Waals surface area (Å²) in [5.74, 6) is -0.263. The molecule has 1 aliphatic heterocycles. The van der Waals surface area contributed by atoms with Crippen LogP contribution in [0.2, 0.25) is 0 Å². The summed E-state index contributed by atoms with van der Waals surface area (Å²) in [4.78, 5) is 25.5. The zero-order chi connectivity index (χ0) is 14.5. The molecule has 1 atom stereocenters. The predicted molar refractivity (Wildman–Crippen MR) is 73.7 cm³/mol. The van der Waals surface area contributed by atoms with Crippen molar-refractivity contribution in [3.05, 3.63) is 28.2 Å². The number of nitrogens with one attached hydrogen (secondary N) is 1. The third-order valence-corrected chi connectivity index (χ3v) is 3.42. The van der Waals surface area contributed by atoms with Gasteiger partial charge in [-0.1, -0.05) is 0 Å². The first-order valence-corrected chi connectivity index (χ1v) is 6.72. The maximum atomic E-state index is 12.0. The summed E-state index contributed by atoms with van der Waals surface area (Å²) < 4.78 is 6.45. The molecule has 20 heavy (non-hydrogen) atoms. The quantitative estimate of drug-likeness (QED) is 0.784. The van der Waals surface area contributed by atoms with Gasteiger partial charge in [-0.2, -0.15) is 5.10 Å². The van der Waals surface area contributed by atoms with Crippen LogP contribution in [0, 0.1) is 0 Å². The number of aromatic nitrogens is 2. The SMILES string of the molecule is CC(CNC(=O)c1ccc(=O)n(C)n1)N1CCOCC1. The van der Waals surface area contributed by atoms with Crippen molar-refractivity contribution in [3.63, 3.8) is 0 Å². The van der Waals surface area contributed by atoms with Gasteiger partial charge in [0.05, 0.1) is 13.2 Å². The molecule has 2 heterocycles. The van der Waals surface area contributed by atoms with Gasteiger partial charge >= 0.3 is 0 Å². The summed E-state index contributed by atoms with van der Waals surface area (Å²) in [5, 5.41) is 6.77. The lowest BCUT2D eigenvalue weighted by Gasteiger charge is -2.32. The van der Waals surface area contributed by atoms with E-state index in [2.05, 4.69) is 22.2 Å². The van der Waals surface area contributed by atoms with E-state index >= 15 is 0 Å². The third-order valence-electron chi connectivity index (χ3n) is 3.42. The molecule has 0 spiro atoms. The second kappa shape index (κ2) is 6.62. The van der Waals surface area contributed by atoms with Crippen LogP contribution in [0.4, 0.5) is 0 Å². The number of morpholine rings is 1. The van der Waals surface area contributed by atoms with Crippen molar-refractivity contribution in [2.24, 2.45) is 7.05 Å². The lowest BCUT2D eigenvalue weighted by molar-refractivity contribution is 0.0204. The summed E-state index contributed by atoms with van der Waals surface area (Å²) in [6, 6.07) is 3.03. The highest BCUT2D eigenvalue weighted by atomic mass is 16.5. The van der Waals surface area contributed by atoms with E-state index in [1.165, 1.54) is 19.2 Å². The minimum atomic E-state index is -0.263. The number of carbonyl (C=O) groups excluding carboxylic acids is 1. The molecular formula is C13H20N4O3. The second-order valence-electron chi connectivity index (χ2n) is 4.89. The van der Waals surface area contributed by atoms with E-state index in [-0.39, 0.29) is 23.2 Å². The first-order valence-electron chi connectivity index (χ1n) is 6.72. The molecule has 2 rings (SSSR count). The normalized spacial score (nSPS) is 17.7. The van der Waals surface area contributed by atoms with Crippen molar-refractivity contribution >= 4 is 5.91 Å². The van der Waals surface area contributed by atoms with Crippen LogP contribution in [-0.2, 0) is 11.8 Å². The summed E-state index contributed by atoms with van der Waals surface area (Å²) in [5.41, 5.74) is 0.0181. The zero-order valence-corrected chi connectivity index (χ0v) is 11.8. The number of nitrogens with zero attached hydrogens (tertiary/aromatic N) is 3.